The predicted octanol–water partition coefficient (Wildman–Crippen LogP) is 3.47. The number of benzene rings is 1. The summed E-state index contributed by atoms with van der Waals surface area (Å²) in [5, 5.41) is 9.86. The molecule has 1 aromatic carbocycles. The molecule has 0 bridgehead atoms. The van der Waals surface area contributed by atoms with Crippen LogP contribution in [0.3, 0.4) is 0 Å². The van der Waals surface area contributed by atoms with Crippen LogP contribution in [-0.2, 0) is 4.74 Å². The van der Waals surface area contributed by atoms with Gasteiger partial charge in [0, 0.05) is 50.5 Å². The second-order valence-electron chi connectivity index (χ2n) is 9.99. The van der Waals surface area contributed by atoms with Crippen molar-refractivity contribution < 1.29 is 23.8 Å². The zero-order chi connectivity index (χ0) is 24.9. The van der Waals surface area contributed by atoms with Crippen LogP contribution in [0.4, 0.5) is 4.39 Å². The van der Waals surface area contributed by atoms with Crippen molar-refractivity contribution in [3.63, 3.8) is 0 Å². The molecular formula is C27H36FN3O4. The topological polar surface area (TPSA) is 75.1 Å². The molecule has 3 atom stereocenters. The van der Waals surface area contributed by atoms with Crippen LogP contribution < -0.4 is 4.74 Å². The highest BCUT2D eigenvalue weighted by atomic mass is 19.1. The van der Waals surface area contributed by atoms with E-state index in [-0.39, 0.29) is 42.3 Å². The number of hydrogen-bond acceptors (Lipinski definition) is 6. The van der Waals surface area contributed by atoms with Crippen molar-refractivity contribution in [3.05, 3.63) is 47.9 Å². The molecule has 1 N–H and O–H groups in total. The minimum atomic E-state index is -0.353. The van der Waals surface area contributed by atoms with E-state index in [2.05, 4.69) is 23.9 Å². The molecule has 1 saturated heterocycles. The molecule has 0 radical (unpaired) electrons. The van der Waals surface area contributed by atoms with E-state index in [4.69, 9.17) is 9.47 Å². The van der Waals surface area contributed by atoms with E-state index in [1.807, 2.05) is 6.92 Å². The van der Waals surface area contributed by atoms with E-state index < -0.39 is 0 Å². The SMILES string of the molecule is C[C@H]1CN([C@@H](C)CO)C(=O)c2cc(-c3cccc(F)c3)cnc2O[C@H]1CN(C)CC1CCOCC1. The standard InChI is InChI=1S/C27H36FN3O4/c1-18-14-31(19(2)17-32)27(33)24-12-22(21-5-4-6-23(28)11-21)13-29-26(24)35-25(18)16-30(3)15-20-7-9-34-10-8-20/h4-6,11-13,18-20,25,32H,7-10,14-17H2,1-3H3/t18-,19-,25-/m0/s1. The summed E-state index contributed by atoms with van der Waals surface area (Å²) in [5.74, 6) is 0.315. The lowest BCUT2D eigenvalue weighted by molar-refractivity contribution is 0.0254. The summed E-state index contributed by atoms with van der Waals surface area (Å²) in [6.45, 7) is 7.52. The summed E-state index contributed by atoms with van der Waals surface area (Å²) in [6, 6.07) is 7.58. The zero-order valence-electron chi connectivity index (χ0n) is 20.8. The average molecular weight is 486 g/mol. The highest BCUT2D eigenvalue weighted by Crippen LogP contribution is 2.30. The molecule has 2 aliphatic rings. The number of carbonyl (C=O) groups is 1. The van der Waals surface area contributed by atoms with Crippen molar-refractivity contribution in [2.75, 3.05) is 46.5 Å². The first kappa shape index (κ1) is 25.5. The molecule has 0 spiro atoms. The van der Waals surface area contributed by atoms with Gasteiger partial charge in [0.2, 0.25) is 5.88 Å². The highest BCUT2D eigenvalue weighted by Gasteiger charge is 2.34. The van der Waals surface area contributed by atoms with Crippen LogP contribution in [0.25, 0.3) is 11.1 Å². The Morgan fingerprint density at radius 1 is 1.23 bits per heavy atom. The van der Waals surface area contributed by atoms with Crippen LogP contribution in [0.1, 0.15) is 37.0 Å². The number of rotatable bonds is 7. The number of aromatic nitrogens is 1. The number of aliphatic hydroxyl groups excluding tert-OH is 1. The first-order valence-corrected chi connectivity index (χ1v) is 12.5. The van der Waals surface area contributed by atoms with Gasteiger partial charge in [-0.2, -0.15) is 0 Å². The molecule has 2 aliphatic heterocycles. The third-order valence-corrected chi connectivity index (χ3v) is 7.08. The summed E-state index contributed by atoms with van der Waals surface area (Å²) in [7, 11) is 2.10. The number of ether oxygens (including phenoxy) is 2. The molecule has 8 heteroatoms. The van der Waals surface area contributed by atoms with E-state index in [0.29, 0.717) is 35.7 Å². The van der Waals surface area contributed by atoms with Gasteiger partial charge in [0.25, 0.3) is 5.91 Å². The predicted molar refractivity (Wildman–Crippen MR) is 132 cm³/mol. The fourth-order valence-electron chi connectivity index (χ4n) is 4.90. The van der Waals surface area contributed by atoms with Crippen molar-refractivity contribution in [1.29, 1.82) is 0 Å². The van der Waals surface area contributed by atoms with Gasteiger partial charge in [-0.3, -0.25) is 4.79 Å². The van der Waals surface area contributed by atoms with Crippen molar-refractivity contribution in [2.24, 2.45) is 11.8 Å². The summed E-state index contributed by atoms with van der Waals surface area (Å²) in [4.78, 5) is 22.1. The Morgan fingerprint density at radius 3 is 2.71 bits per heavy atom. The minimum Gasteiger partial charge on any atom is -0.472 e. The number of amides is 1. The lowest BCUT2D eigenvalue weighted by Crippen LogP contribution is -2.50. The van der Waals surface area contributed by atoms with Crippen molar-refractivity contribution in [1.82, 2.24) is 14.8 Å². The maximum atomic E-state index is 13.8. The lowest BCUT2D eigenvalue weighted by Gasteiger charge is -2.38. The van der Waals surface area contributed by atoms with Crippen LogP contribution in [-0.4, -0.2) is 84.4 Å². The first-order valence-electron chi connectivity index (χ1n) is 12.5. The number of pyridine rings is 1. The van der Waals surface area contributed by atoms with Crippen molar-refractivity contribution in [3.8, 4) is 17.0 Å². The van der Waals surface area contributed by atoms with Gasteiger partial charge in [-0.25, -0.2) is 9.37 Å². The summed E-state index contributed by atoms with van der Waals surface area (Å²) in [5.41, 5.74) is 1.60. The minimum absolute atomic E-state index is 0.0305. The highest BCUT2D eigenvalue weighted by molar-refractivity contribution is 5.98. The molecule has 2 aromatic rings. The van der Waals surface area contributed by atoms with Crippen LogP contribution >= 0.6 is 0 Å². The van der Waals surface area contributed by atoms with Crippen LogP contribution in [0.15, 0.2) is 36.5 Å². The number of fused-ring (bicyclic) bond motifs is 1. The van der Waals surface area contributed by atoms with Gasteiger partial charge in [0.15, 0.2) is 0 Å². The third-order valence-electron chi connectivity index (χ3n) is 7.08. The first-order chi connectivity index (χ1) is 16.9. The molecule has 7 nitrogen and oxygen atoms in total. The van der Waals surface area contributed by atoms with E-state index in [1.165, 1.54) is 12.1 Å². The zero-order valence-corrected chi connectivity index (χ0v) is 20.8. The second kappa shape index (κ2) is 11.5. The lowest BCUT2D eigenvalue weighted by atomic mass is 9.97. The molecule has 1 amide bonds. The third kappa shape index (κ3) is 6.18. The Balaban J connectivity index is 1.62. The molecule has 0 aliphatic carbocycles. The van der Waals surface area contributed by atoms with Crippen LogP contribution in [0, 0.1) is 17.7 Å². The van der Waals surface area contributed by atoms with Gasteiger partial charge in [-0.15, -0.1) is 0 Å². The number of hydrogen-bond donors (Lipinski definition) is 1. The van der Waals surface area contributed by atoms with Gasteiger partial charge in [-0.05, 0) is 56.5 Å². The van der Waals surface area contributed by atoms with E-state index in [9.17, 15) is 14.3 Å². The number of aliphatic hydroxyl groups is 1. The number of carbonyl (C=O) groups excluding carboxylic acids is 1. The largest absolute Gasteiger partial charge is 0.472 e. The van der Waals surface area contributed by atoms with Crippen molar-refractivity contribution in [2.45, 2.75) is 38.8 Å². The van der Waals surface area contributed by atoms with Gasteiger partial charge in [0.1, 0.15) is 17.5 Å². The molecule has 1 fully saturated rings. The van der Waals surface area contributed by atoms with E-state index >= 15 is 0 Å². The van der Waals surface area contributed by atoms with Gasteiger partial charge < -0.3 is 24.4 Å². The molecule has 35 heavy (non-hydrogen) atoms. The molecular weight excluding hydrogens is 449 g/mol. The maximum Gasteiger partial charge on any atom is 0.259 e. The Morgan fingerprint density at radius 2 is 2.00 bits per heavy atom. The molecule has 190 valence electrons. The van der Waals surface area contributed by atoms with Gasteiger partial charge >= 0.3 is 0 Å². The van der Waals surface area contributed by atoms with Gasteiger partial charge in [-0.1, -0.05) is 19.1 Å². The van der Waals surface area contributed by atoms with Gasteiger partial charge in [0.05, 0.1) is 12.6 Å². The number of halogens is 1. The normalized spacial score (nSPS) is 22.3. The molecule has 3 heterocycles. The van der Waals surface area contributed by atoms with Crippen molar-refractivity contribution >= 4 is 5.91 Å². The van der Waals surface area contributed by atoms with E-state index in [0.717, 1.165) is 32.6 Å². The maximum absolute atomic E-state index is 13.8. The smallest absolute Gasteiger partial charge is 0.259 e. The molecule has 0 saturated carbocycles. The summed E-state index contributed by atoms with van der Waals surface area (Å²) >= 11 is 0. The number of nitrogens with zero attached hydrogens (tertiary/aromatic N) is 3. The summed E-state index contributed by atoms with van der Waals surface area (Å²) in [6.07, 6.45) is 3.56. The molecule has 1 aromatic heterocycles. The summed E-state index contributed by atoms with van der Waals surface area (Å²) < 4.78 is 25.7. The Bertz CT molecular complexity index is 1010. The van der Waals surface area contributed by atoms with Crippen LogP contribution in [0.5, 0.6) is 5.88 Å². The van der Waals surface area contributed by atoms with E-state index in [1.54, 1.807) is 29.3 Å². The monoisotopic (exact) mass is 485 g/mol. The van der Waals surface area contributed by atoms with Crippen LogP contribution in [0.2, 0.25) is 0 Å². The fraction of sp³-hybridized carbons (Fsp3) is 0.556. The second-order valence-corrected chi connectivity index (χ2v) is 9.99. The Labute approximate surface area is 206 Å². The Kier molecular flexibility index (Phi) is 8.36. The Hall–Kier alpha value is -2.55. The quantitative estimate of drug-likeness (QED) is 0.648. The number of likely N-dealkylation sites (N-methyl/N-ethyl adjacent to an activating group) is 1. The molecule has 4 rings (SSSR count). The average Bonchev–Trinajstić information content (AvgIpc) is 2.86. The molecule has 0 unspecified atom stereocenters. The fourth-order valence-corrected chi connectivity index (χ4v) is 4.90.